The van der Waals surface area contributed by atoms with Crippen molar-refractivity contribution in [2.75, 3.05) is 17.7 Å². The number of rotatable bonds is 8. The van der Waals surface area contributed by atoms with Gasteiger partial charge in [-0.2, -0.15) is 0 Å². The maximum Gasteiger partial charge on any atom is 0.286 e. The number of methoxy groups -OCH3 is 1. The van der Waals surface area contributed by atoms with Crippen LogP contribution in [0.2, 0.25) is 0 Å². The van der Waals surface area contributed by atoms with Gasteiger partial charge in [0.15, 0.2) is 11.5 Å². The van der Waals surface area contributed by atoms with Crippen molar-refractivity contribution in [2.45, 2.75) is 27.4 Å². The summed E-state index contributed by atoms with van der Waals surface area (Å²) in [6, 6.07) is 8.92. The molecule has 0 saturated heterocycles. The number of carbonyl (C=O) groups is 2. The normalized spacial score (nSPS) is 10.9. The summed E-state index contributed by atoms with van der Waals surface area (Å²) in [7, 11) is 1.37. The number of hydrogen-bond donors (Lipinski definition) is 2. The van der Waals surface area contributed by atoms with Gasteiger partial charge >= 0.3 is 0 Å². The van der Waals surface area contributed by atoms with Crippen LogP contribution in [0.15, 0.2) is 47.3 Å². The van der Waals surface area contributed by atoms with Crippen LogP contribution in [0.1, 0.15) is 36.8 Å². The number of nitrogens with zero attached hydrogens (tertiary/aromatic N) is 2. The first-order valence-electron chi connectivity index (χ1n) is 10.2. The number of nitrogens with one attached hydrogen (secondary N) is 2. The number of amides is 2. The van der Waals surface area contributed by atoms with Crippen molar-refractivity contribution in [1.82, 2.24) is 4.98 Å². The van der Waals surface area contributed by atoms with Gasteiger partial charge in [-0.05, 0) is 18.2 Å². The Bertz CT molecular complexity index is 1200. The second kappa shape index (κ2) is 10.3. The Morgan fingerprint density at radius 2 is 1.82 bits per heavy atom. The van der Waals surface area contributed by atoms with Crippen molar-refractivity contribution in [3.8, 4) is 11.5 Å². The van der Waals surface area contributed by atoms with Gasteiger partial charge in [0.05, 0.1) is 29.3 Å². The molecule has 2 aromatic carbocycles. The number of anilines is 2. The van der Waals surface area contributed by atoms with Gasteiger partial charge in [0.2, 0.25) is 5.91 Å². The molecule has 0 aliphatic heterocycles. The standard InChI is InChI=1S/C23H24N4O6S/c1-23(2,3)22(29)26-15-7-5-6-14(8-15)25-21(28)17-9-19(32-4)20(10-18(17)27(30)31)33-11-16-12-34-13-24-16/h5-10,12-13H,11H2,1-4H3,(H,25,28)(H,26,29). The predicted octanol–water partition coefficient (Wildman–Crippen LogP) is 4.88. The fourth-order valence-electron chi connectivity index (χ4n) is 2.81. The van der Waals surface area contributed by atoms with E-state index in [0.717, 1.165) is 6.07 Å². The molecule has 0 spiro atoms. The Balaban J connectivity index is 1.84. The zero-order valence-corrected chi connectivity index (χ0v) is 19.9. The van der Waals surface area contributed by atoms with E-state index >= 15 is 0 Å². The lowest BCUT2D eigenvalue weighted by Gasteiger charge is -2.18. The second-order valence-corrected chi connectivity index (χ2v) is 9.00. The van der Waals surface area contributed by atoms with Crippen molar-refractivity contribution in [3.63, 3.8) is 0 Å². The van der Waals surface area contributed by atoms with Crippen LogP contribution >= 0.6 is 11.3 Å². The molecule has 0 radical (unpaired) electrons. The largest absolute Gasteiger partial charge is 0.493 e. The number of benzene rings is 2. The van der Waals surface area contributed by atoms with Crippen molar-refractivity contribution >= 4 is 40.2 Å². The number of carbonyl (C=O) groups excluding carboxylic acids is 2. The van der Waals surface area contributed by atoms with Gasteiger partial charge in [-0.3, -0.25) is 19.7 Å². The van der Waals surface area contributed by atoms with E-state index in [0.29, 0.717) is 17.1 Å². The quantitative estimate of drug-likeness (QED) is 0.344. The summed E-state index contributed by atoms with van der Waals surface area (Å²) >= 11 is 1.40. The molecule has 34 heavy (non-hydrogen) atoms. The van der Waals surface area contributed by atoms with Gasteiger partial charge in [-0.15, -0.1) is 11.3 Å². The smallest absolute Gasteiger partial charge is 0.286 e. The Morgan fingerprint density at radius 3 is 2.41 bits per heavy atom. The summed E-state index contributed by atoms with van der Waals surface area (Å²) in [6.45, 7) is 5.44. The van der Waals surface area contributed by atoms with E-state index in [1.807, 2.05) is 0 Å². The summed E-state index contributed by atoms with van der Waals surface area (Å²) < 4.78 is 10.9. The molecule has 0 aliphatic carbocycles. The summed E-state index contributed by atoms with van der Waals surface area (Å²) in [5, 5.41) is 18.9. The fourth-order valence-corrected chi connectivity index (χ4v) is 3.35. The first kappa shape index (κ1) is 24.6. The highest BCUT2D eigenvalue weighted by molar-refractivity contribution is 7.07. The zero-order valence-electron chi connectivity index (χ0n) is 19.1. The lowest BCUT2D eigenvalue weighted by atomic mass is 9.95. The lowest BCUT2D eigenvalue weighted by Crippen LogP contribution is -2.27. The summed E-state index contributed by atoms with van der Waals surface area (Å²) in [5.74, 6) is -0.622. The van der Waals surface area contributed by atoms with Gasteiger partial charge in [0.25, 0.3) is 11.6 Å². The van der Waals surface area contributed by atoms with E-state index in [2.05, 4.69) is 15.6 Å². The van der Waals surface area contributed by atoms with E-state index in [1.165, 1.54) is 24.5 Å². The minimum atomic E-state index is -0.713. The fraction of sp³-hybridized carbons (Fsp3) is 0.261. The van der Waals surface area contributed by atoms with Crippen LogP contribution in [-0.4, -0.2) is 28.8 Å². The Labute approximate surface area is 200 Å². The average molecular weight is 485 g/mol. The van der Waals surface area contributed by atoms with Crippen molar-refractivity contribution in [3.05, 3.63) is 68.7 Å². The van der Waals surface area contributed by atoms with Crippen LogP contribution < -0.4 is 20.1 Å². The van der Waals surface area contributed by atoms with E-state index in [1.54, 1.807) is 55.9 Å². The first-order chi connectivity index (χ1) is 16.1. The number of hydrogen-bond acceptors (Lipinski definition) is 8. The Hall–Kier alpha value is -3.99. The van der Waals surface area contributed by atoms with E-state index < -0.39 is 21.9 Å². The Morgan fingerprint density at radius 1 is 1.12 bits per heavy atom. The lowest BCUT2D eigenvalue weighted by molar-refractivity contribution is -0.385. The molecule has 0 bridgehead atoms. The molecule has 3 rings (SSSR count). The Kier molecular flexibility index (Phi) is 7.47. The van der Waals surface area contributed by atoms with Crippen LogP contribution in [0.25, 0.3) is 0 Å². The van der Waals surface area contributed by atoms with Crippen LogP contribution in [-0.2, 0) is 11.4 Å². The molecular formula is C23H24N4O6S. The minimum absolute atomic E-state index is 0.0929. The highest BCUT2D eigenvalue weighted by Crippen LogP contribution is 2.35. The predicted molar refractivity (Wildman–Crippen MR) is 129 cm³/mol. The summed E-state index contributed by atoms with van der Waals surface area (Å²) in [6.07, 6.45) is 0. The van der Waals surface area contributed by atoms with Gasteiger partial charge in [0.1, 0.15) is 12.2 Å². The molecule has 0 atom stereocenters. The molecule has 0 aliphatic rings. The number of thiazole rings is 1. The third-order valence-corrected chi connectivity index (χ3v) is 5.28. The maximum absolute atomic E-state index is 12.9. The molecule has 0 saturated carbocycles. The molecule has 1 heterocycles. The molecular weight excluding hydrogens is 460 g/mol. The monoisotopic (exact) mass is 484 g/mol. The molecule has 11 heteroatoms. The number of nitro benzene ring substituents is 1. The van der Waals surface area contributed by atoms with Crippen LogP contribution in [0.4, 0.5) is 17.1 Å². The summed E-state index contributed by atoms with van der Waals surface area (Å²) in [5.41, 5.74) is 1.91. The van der Waals surface area contributed by atoms with E-state index in [-0.39, 0.29) is 29.6 Å². The zero-order chi connectivity index (χ0) is 24.9. The second-order valence-electron chi connectivity index (χ2n) is 8.28. The number of nitro groups is 1. The summed E-state index contributed by atoms with van der Waals surface area (Å²) in [4.78, 5) is 40.3. The van der Waals surface area contributed by atoms with E-state index in [4.69, 9.17) is 9.47 Å². The third kappa shape index (κ3) is 6.07. The highest BCUT2D eigenvalue weighted by atomic mass is 32.1. The maximum atomic E-state index is 12.9. The minimum Gasteiger partial charge on any atom is -0.493 e. The van der Waals surface area contributed by atoms with Gasteiger partial charge in [-0.25, -0.2) is 4.98 Å². The molecule has 3 aromatic rings. The van der Waals surface area contributed by atoms with Crippen molar-refractivity contribution in [1.29, 1.82) is 0 Å². The van der Waals surface area contributed by atoms with Crippen molar-refractivity contribution in [2.24, 2.45) is 5.41 Å². The van der Waals surface area contributed by atoms with E-state index in [9.17, 15) is 19.7 Å². The molecule has 2 N–H and O–H groups in total. The molecule has 2 amide bonds. The van der Waals surface area contributed by atoms with Crippen LogP contribution in [0, 0.1) is 15.5 Å². The highest BCUT2D eigenvalue weighted by Gasteiger charge is 2.25. The molecule has 10 nitrogen and oxygen atoms in total. The van der Waals surface area contributed by atoms with Crippen LogP contribution in [0.3, 0.4) is 0 Å². The molecule has 178 valence electrons. The number of aromatic nitrogens is 1. The van der Waals surface area contributed by atoms with Crippen molar-refractivity contribution < 1.29 is 24.0 Å². The molecule has 1 aromatic heterocycles. The molecule has 0 fully saturated rings. The SMILES string of the molecule is COc1cc(C(=O)Nc2cccc(NC(=O)C(C)(C)C)c2)c([N+](=O)[O-])cc1OCc1cscn1. The average Bonchev–Trinajstić information content (AvgIpc) is 3.30. The van der Waals surface area contributed by atoms with Gasteiger partial charge in [-0.1, -0.05) is 26.8 Å². The van der Waals surface area contributed by atoms with Gasteiger partial charge in [0, 0.05) is 28.2 Å². The first-order valence-corrected chi connectivity index (χ1v) is 11.1. The van der Waals surface area contributed by atoms with Crippen LogP contribution in [0.5, 0.6) is 11.5 Å². The number of ether oxygens (including phenoxy) is 2. The topological polar surface area (TPSA) is 133 Å². The third-order valence-electron chi connectivity index (χ3n) is 4.64. The van der Waals surface area contributed by atoms with Gasteiger partial charge < -0.3 is 20.1 Å². The molecule has 0 unspecified atom stereocenters.